The van der Waals surface area contributed by atoms with Crippen molar-refractivity contribution in [3.63, 3.8) is 0 Å². The van der Waals surface area contributed by atoms with Gasteiger partial charge in [-0.05, 0) is 48.9 Å². The zero-order valence-corrected chi connectivity index (χ0v) is 12.0. The van der Waals surface area contributed by atoms with Crippen molar-refractivity contribution in [2.24, 2.45) is 5.73 Å². The number of benzene rings is 2. The third-order valence-electron chi connectivity index (χ3n) is 3.29. The molecule has 0 atom stereocenters. The Morgan fingerprint density at radius 3 is 1.89 bits per heavy atom. The largest absolute Gasteiger partial charge is 0.330 e. The van der Waals surface area contributed by atoms with Crippen LogP contribution in [-0.4, -0.2) is 6.54 Å². The molecule has 0 aliphatic heterocycles. The highest BCUT2D eigenvalue weighted by molar-refractivity contribution is 5.85. The van der Waals surface area contributed by atoms with Crippen LogP contribution in [0.15, 0.2) is 54.6 Å². The van der Waals surface area contributed by atoms with Crippen LogP contribution in [0.5, 0.6) is 0 Å². The molecule has 0 bridgehead atoms. The quantitative estimate of drug-likeness (QED) is 0.853. The highest BCUT2D eigenvalue weighted by Gasteiger charge is 2.01. The second-order valence-corrected chi connectivity index (χ2v) is 4.65. The molecule has 0 amide bonds. The van der Waals surface area contributed by atoms with Gasteiger partial charge in [-0.3, -0.25) is 0 Å². The number of hydrogen-bond acceptors (Lipinski definition) is 1. The molecule has 102 valence electrons. The van der Waals surface area contributed by atoms with E-state index in [4.69, 9.17) is 5.73 Å². The molecule has 2 aromatic rings. The van der Waals surface area contributed by atoms with E-state index in [1.54, 1.807) is 0 Å². The Bertz CT molecular complexity index is 468. The molecule has 0 heterocycles. The van der Waals surface area contributed by atoms with Crippen LogP contribution in [0, 0.1) is 0 Å². The average molecular weight is 276 g/mol. The van der Waals surface area contributed by atoms with Gasteiger partial charge in [0.25, 0.3) is 0 Å². The SMILES string of the molecule is Cl.NCCc1ccccc1CCCc1ccccc1. The van der Waals surface area contributed by atoms with Gasteiger partial charge in [0.1, 0.15) is 0 Å². The maximum atomic E-state index is 5.65. The highest BCUT2D eigenvalue weighted by atomic mass is 35.5. The predicted octanol–water partition coefficient (Wildman–Crippen LogP) is 3.78. The Morgan fingerprint density at radius 2 is 1.26 bits per heavy atom. The van der Waals surface area contributed by atoms with Gasteiger partial charge in [0.15, 0.2) is 0 Å². The van der Waals surface area contributed by atoms with Gasteiger partial charge in [-0.1, -0.05) is 54.6 Å². The van der Waals surface area contributed by atoms with Crippen molar-refractivity contribution in [1.82, 2.24) is 0 Å². The van der Waals surface area contributed by atoms with Gasteiger partial charge in [-0.25, -0.2) is 0 Å². The second kappa shape index (κ2) is 8.73. The lowest BCUT2D eigenvalue weighted by atomic mass is 9.98. The monoisotopic (exact) mass is 275 g/mol. The number of hydrogen-bond donors (Lipinski definition) is 1. The van der Waals surface area contributed by atoms with Gasteiger partial charge in [0.05, 0.1) is 0 Å². The van der Waals surface area contributed by atoms with Gasteiger partial charge >= 0.3 is 0 Å². The summed E-state index contributed by atoms with van der Waals surface area (Å²) in [5.74, 6) is 0. The summed E-state index contributed by atoms with van der Waals surface area (Å²) in [7, 11) is 0. The van der Waals surface area contributed by atoms with Gasteiger partial charge in [-0.2, -0.15) is 0 Å². The van der Waals surface area contributed by atoms with E-state index >= 15 is 0 Å². The van der Waals surface area contributed by atoms with Crippen LogP contribution in [0.1, 0.15) is 23.1 Å². The van der Waals surface area contributed by atoms with Crippen LogP contribution in [0.25, 0.3) is 0 Å². The molecule has 0 spiro atoms. The molecule has 0 fully saturated rings. The number of nitrogens with two attached hydrogens (primary N) is 1. The van der Waals surface area contributed by atoms with Crippen LogP contribution in [0.3, 0.4) is 0 Å². The fourth-order valence-electron chi connectivity index (χ4n) is 2.33. The first-order valence-corrected chi connectivity index (χ1v) is 6.71. The van der Waals surface area contributed by atoms with Crippen LogP contribution < -0.4 is 5.73 Å². The molecule has 0 aromatic heterocycles. The summed E-state index contributed by atoms with van der Waals surface area (Å²) in [6.45, 7) is 0.732. The maximum Gasteiger partial charge on any atom is -0.00366 e. The smallest absolute Gasteiger partial charge is 0.00366 e. The molecule has 2 aromatic carbocycles. The van der Waals surface area contributed by atoms with Gasteiger partial charge in [0, 0.05) is 0 Å². The standard InChI is InChI=1S/C17H21N.ClH/c18-14-13-17-11-5-4-10-16(17)12-6-9-15-7-2-1-3-8-15;/h1-5,7-8,10-11H,6,9,12-14,18H2;1H. The van der Waals surface area contributed by atoms with Crippen LogP contribution >= 0.6 is 12.4 Å². The van der Waals surface area contributed by atoms with Crippen molar-refractivity contribution >= 4 is 12.4 Å². The molecule has 2 N–H and O–H groups in total. The molecule has 2 heteroatoms. The van der Waals surface area contributed by atoms with Crippen molar-refractivity contribution in [2.45, 2.75) is 25.7 Å². The topological polar surface area (TPSA) is 26.0 Å². The third-order valence-corrected chi connectivity index (χ3v) is 3.29. The zero-order valence-electron chi connectivity index (χ0n) is 11.2. The van der Waals surface area contributed by atoms with Crippen molar-refractivity contribution in [3.05, 3.63) is 71.3 Å². The van der Waals surface area contributed by atoms with E-state index in [-0.39, 0.29) is 12.4 Å². The third kappa shape index (κ3) is 5.06. The summed E-state index contributed by atoms with van der Waals surface area (Å²) in [5.41, 5.74) is 9.94. The van der Waals surface area contributed by atoms with E-state index in [0.717, 1.165) is 25.8 Å². The molecular formula is C17H22ClN. The Balaban J connectivity index is 0.00000180. The van der Waals surface area contributed by atoms with E-state index in [2.05, 4.69) is 54.6 Å². The number of rotatable bonds is 6. The van der Waals surface area contributed by atoms with E-state index in [9.17, 15) is 0 Å². The van der Waals surface area contributed by atoms with Gasteiger partial charge in [-0.15, -0.1) is 12.4 Å². The summed E-state index contributed by atoms with van der Waals surface area (Å²) in [5, 5.41) is 0. The minimum atomic E-state index is 0. The highest BCUT2D eigenvalue weighted by Crippen LogP contribution is 2.13. The molecule has 0 aliphatic rings. The Morgan fingerprint density at radius 1 is 0.684 bits per heavy atom. The number of halogens is 1. The fraction of sp³-hybridized carbons (Fsp3) is 0.294. The molecule has 19 heavy (non-hydrogen) atoms. The molecule has 0 radical (unpaired) electrons. The van der Waals surface area contributed by atoms with E-state index in [1.807, 2.05) is 0 Å². The summed E-state index contributed by atoms with van der Waals surface area (Å²) < 4.78 is 0. The minimum Gasteiger partial charge on any atom is -0.330 e. The molecule has 1 nitrogen and oxygen atoms in total. The predicted molar refractivity (Wildman–Crippen MR) is 84.9 cm³/mol. The van der Waals surface area contributed by atoms with Crippen LogP contribution in [-0.2, 0) is 19.3 Å². The average Bonchev–Trinajstić information content (AvgIpc) is 2.42. The minimum absolute atomic E-state index is 0. The van der Waals surface area contributed by atoms with Crippen LogP contribution in [0.2, 0.25) is 0 Å². The Labute approximate surface area is 122 Å². The molecule has 0 aliphatic carbocycles. The second-order valence-electron chi connectivity index (χ2n) is 4.65. The lowest BCUT2D eigenvalue weighted by molar-refractivity contribution is 0.806. The zero-order chi connectivity index (χ0) is 12.6. The molecule has 0 saturated heterocycles. The van der Waals surface area contributed by atoms with Gasteiger partial charge < -0.3 is 5.73 Å². The maximum absolute atomic E-state index is 5.65. The molecule has 0 unspecified atom stereocenters. The summed E-state index contributed by atoms with van der Waals surface area (Å²) in [6.07, 6.45) is 4.48. The fourth-order valence-corrected chi connectivity index (χ4v) is 2.33. The van der Waals surface area contributed by atoms with Gasteiger partial charge in [0.2, 0.25) is 0 Å². The molecule has 2 rings (SSSR count). The lowest BCUT2D eigenvalue weighted by Crippen LogP contribution is -2.05. The first-order valence-electron chi connectivity index (χ1n) is 6.71. The molecule has 0 saturated carbocycles. The summed E-state index contributed by atoms with van der Waals surface area (Å²) >= 11 is 0. The normalized spacial score (nSPS) is 9.95. The summed E-state index contributed by atoms with van der Waals surface area (Å²) in [6, 6.07) is 19.3. The van der Waals surface area contributed by atoms with Crippen molar-refractivity contribution < 1.29 is 0 Å². The van der Waals surface area contributed by atoms with Crippen molar-refractivity contribution in [3.8, 4) is 0 Å². The van der Waals surface area contributed by atoms with Crippen LogP contribution in [0.4, 0.5) is 0 Å². The van der Waals surface area contributed by atoms with Crippen molar-refractivity contribution in [2.75, 3.05) is 6.54 Å². The number of aryl methyl sites for hydroxylation is 2. The van der Waals surface area contributed by atoms with E-state index in [1.165, 1.54) is 23.1 Å². The lowest BCUT2D eigenvalue weighted by Gasteiger charge is -2.08. The van der Waals surface area contributed by atoms with Crippen molar-refractivity contribution in [1.29, 1.82) is 0 Å². The Kier molecular flexibility index (Phi) is 7.24. The summed E-state index contributed by atoms with van der Waals surface area (Å²) in [4.78, 5) is 0. The Hall–Kier alpha value is -1.31. The first-order chi connectivity index (χ1) is 8.90. The van der Waals surface area contributed by atoms with E-state index in [0.29, 0.717) is 0 Å². The first kappa shape index (κ1) is 15.7. The molecular weight excluding hydrogens is 254 g/mol. The van der Waals surface area contributed by atoms with E-state index < -0.39 is 0 Å².